The number of aliphatic carboxylic acids is 1. The molecule has 8 nitrogen and oxygen atoms in total. The Morgan fingerprint density at radius 2 is 1.55 bits per heavy atom. The molecule has 33 heavy (non-hydrogen) atoms. The van der Waals surface area contributed by atoms with Gasteiger partial charge in [-0.25, -0.2) is 9.59 Å². The fraction of sp³-hybridized carbons (Fsp3) is 0.400. The third-order valence-electron chi connectivity index (χ3n) is 5.75. The van der Waals surface area contributed by atoms with E-state index in [1.165, 1.54) is 7.11 Å². The molecule has 1 aliphatic carbocycles. The number of amides is 2. The lowest BCUT2D eigenvalue weighted by atomic mass is 9.86. The van der Waals surface area contributed by atoms with Crippen molar-refractivity contribution in [3.8, 4) is 11.1 Å². The summed E-state index contributed by atoms with van der Waals surface area (Å²) in [6.45, 7) is 5.12. The van der Waals surface area contributed by atoms with Gasteiger partial charge in [0.15, 0.2) is 6.10 Å². The molecule has 0 heterocycles. The number of hydrogen-bond acceptors (Lipinski definition) is 5. The first-order chi connectivity index (χ1) is 15.6. The summed E-state index contributed by atoms with van der Waals surface area (Å²) >= 11 is 0. The van der Waals surface area contributed by atoms with Gasteiger partial charge in [0, 0.05) is 13.0 Å². The maximum atomic E-state index is 12.5. The topological polar surface area (TPSA) is 114 Å². The quantitative estimate of drug-likeness (QED) is 0.565. The molecule has 3 rings (SSSR count). The number of carboxylic acid groups (broad SMARTS) is 1. The number of fused-ring (bicyclic) bond motifs is 3. The third kappa shape index (κ3) is 5.51. The fourth-order valence-corrected chi connectivity index (χ4v) is 3.99. The highest BCUT2D eigenvalue weighted by atomic mass is 16.5. The van der Waals surface area contributed by atoms with Crippen LogP contribution < -0.4 is 10.6 Å². The summed E-state index contributed by atoms with van der Waals surface area (Å²) in [5, 5.41) is 14.4. The van der Waals surface area contributed by atoms with E-state index < -0.39 is 35.5 Å². The molecular formula is C25H30N2O6. The van der Waals surface area contributed by atoms with Gasteiger partial charge in [0.05, 0.1) is 6.54 Å². The Bertz CT molecular complexity index is 984. The van der Waals surface area contributed by atoms with Crippen LogP contribution in [-0.4, -0.2) is 55.5 Å². The SMILES string of the molecule is COC(CNC(=O)OCC1c2ccccc2-c2ccccc21)C(=O)N[C@@H](C(=O)O)C(C)(C)C. The summed E-state index contributed by atoms with van der Waals surface area (Å²) in [5.74, 6) is -1.85. The number of rotatable bonds is 8. The van der Waals surface area contributed by atoms with Crippen molar-refractivity contribution in [3.05, 3.63) is 59.7 Å². The first-order valence-electron chi connectivity index (χ1n) is 10.8. The van der Waals surface area contributed by atoms with Crippen LogP contribution in [0.2, 0.25) is 0 Å². The lowest BCUT2D eigenvalue weighted by Gasteiger charge is -2.29. The number of nitrogens with one attached hydrogen (secondary N) is 2. The Balaban J connectivity index is 1.57. The Morgan fingerprint density at radius 3 is 2.03 bits per heavy atom. The molecule has 176 valence electrons. The minimum Gasteiger partial charge on any atom is -0.480 e. The van der Waals surface area contributed by atoms with Crippen LogP contribution in [0.15, 0.2) is 48.5 Å². The molecule has 2 aromatic carbocycles. The van der Waals surface area contributed by atoms with E-state index in [4.69, 9.17) is 9.47 Å². The number of ether oxygens (including phenoxy) is 2. The van der Waals surface area contributed by atoms with Crippen molar-refractivity contribution < 1.29 is 29.0 Å². The van der Waals surface area contributed by atoms with Gasteiger partial charge in [-0.3, -0.25) is 4.79 Å². The van der Waals surface area contributed by atoms with Crippen molar-refractivity contribution in [2.45, 2.75) is 38.8 Å². The lowest BCUT2D eigenvalue weighted by Crippen LogP contribution is -2.54. The second-order valence-electron chi connectivity index (χ2n) is 9.08. The van der Waals surface area contributed by atoms with Crippen molar-refractivity contribution in [3.63, 3.8) is 0 Å². The molecule has 8 heteroatoms. The first kappa shape index (κ1) is 24.3. The van der Waals surface area contributed by atoms with Gasteiger partial charge in [-0.05, 0) is 27.7 Å². The number of alkyl carbamates (subject to hydrolysis) is 1. The Hall–Kier alpha value is -3.39. The smallest absolute Gasteiger partial charge is 0.407 e. The van der Waals surface area contributed by atoms with Crippen molar-refractivity contribution in [1.29, 1.82) is 0 Å². The van der Waals surface area contributed by atoms with Crippen LogP contribution in [0.5, 0.6) is 0 Å². The van der Waals surface area contributed by atoms with Crippen molar-refractivity contribution >= 4 is 18.0 Å². The number of hydrogen-bond donors (Lipinski definition) is 3. The molecule has 2 aromatic rings. The molecule has 0 bridgehead atoms. The molecule has 1 unspecified atom stereocenters. The Labute approximate surface area is 193 Å². The molecule has 3 N–H and O–H groups in total. The number of carbonyl (C=O) groups excluding carboxylic acids is 2. The van der Waals surface area contributed by atoms with Gasteiger partial charge in [-0.1, -0.05) is 69.3 Å². The van der Waals surface area contributed by atoms with Crippen LogP contribution in [0.25, 0.3) is 11.1 Å². The summed E-state index contributed by atoms with van der Waals surface area (Å²) in [7, 11) is 1.32. The number of benzene rings is 2. The fourth-order valence-electron chi connectivity index (χ4n) is 3.99. The summed E-state index contributed by atoms with van der Waals surface area (Å²) < 4.78 is 10.6. The van der Waals surface area contributed by atoms with Crippen molar-refractivity contribution in [2.75, 3.05) is 20.3 Å². The predicted octanol–water partition coefficient (Wildman–Crippen LogP) is 3.16. The van der Waals surface area contributed by atoms with Gasteiger partial charge in [0.2, 0.25) is 0 Å². The maximum absolute atomic E-state index is 12.5. The van der Waals surface area contributed by atoms with Crippen LogP contribution in [-0.2, 0) is 19.1 Å². The summed E-state index contributed by atoms with van der Waals surface area (Å²) in [4.78, 5) is 36.3. The van der Waals surface area contributed by atoms with E-state index in [0.717, 1.165) is 22.3 Å². The first-order valence-corrected chi connectivity index (χ1v) is 10.8. The minimum atomic E-state index is -1.14. The van der Waals surface area contributed by atoms with Gasteiger partial charge in [0.25, 0.3) is 5.91 Å². The summed E-state index contributed by atoms with van der Waals surface area (Å²) in [5.41, 5.74) is 3.76. The Morgan fingerprint density at radius 1 is 1.00 bits per heavy atom. The van der Waals surface area contributed by atoms with Crippen LogP contribution in [0.1, 0.15) is 37.8 Å². The monoisotopic (exact) mass is 454 g/mol. The standard InChI is InChI=1S/C25H30N2O6/c1-25(2,3)21(23(29)30)27-22(28)20(32-4)13-26-24(31)33-14-19-17-11-7-5-9-15(17)16-10-6-8-12-18(16)19/h5-12,19-21H,13-14H2,1-4H3,(H,26,31)(H,27,28)(H,29,30)/t20?,21-/m0/s1. The van der Waals surface area contributed by atoms with E-state index in [1.807, 2.05) is 36.4 Å². The van der Waals surface area contributed by atoms with Crippen LogP contribution in [0.4, 0.5) is 4.79 Å². The number of carboxylic acids is 1. The molecule has 0 spiro atoms. The zero-order valence-electron chi connectivity index (χ0n) is 19.3. The molecule has 1 aliphatic rings. The molecule has 2 amide bonds. The second-order valence-corrected chi connectivity index (χ2v) is 9.08. The highest BCUT2D eigenvalue weighted by Crippen LogP contribution is 2.44. The van der Waals surface area contributed by atoms with E-state index in [2.05, 4.69) is 22.8 Å². The molecular weight excluding hydrogens is 424 g/mol. The molecule has 0 aliphatic heterocycles. The van der Waals surface area contributed by atoms with E-state index in [1.54, 1.807) is 20.8 Å². The predicted molar refractivity (Wildman–Crippen MR) is 123 cm³/mol. The van der Waals surface area contributed by atoms with Crippen molar-refractivity contribution in [2.24, 2.45) is 5.41 Å². The van der Waals surface area contributed by atoms with E-state index >= 15 is 0 Å². The molecule has 0 aromatic heterocycles. The zero-order valence-corrected chi connectivity index (χ0v) is 19.3. The van der Waals surface area contributed by atoms with E-state index in [9.17, 15) is 19.5 Å². The molecule has 0 fully saturated rings. The Kier molecular flexibility index (Phi) is 7.38. The van der Waals surface area contributed by atoms with Gasteiger partial charge >= 0.3 is 12.1 Å². The highest BCUT2D eigenvalue weighted by Gasteiger charge is 2.35. The van der Waals surface area contributed by atoms with Crippen molar-refractivity contribution in [1.82, 2.24) is 10.6 Å². The van der Waals surface area contributed by atoms with E-state index in [-0.39, 0.29) is 19.1 Å². The van der Waals surface area contributed by atoms with Gasteiger partial charge in [0.1, 0.15) is 12.6 Å². The van der Waals surface area contributed by atoms with Crippen LogP contribution in [0.3, 0.4) is 0 Å². The largest absolute Gasteiger partial charge is 0.480 e. The number of carbonyl (C=O) groups is 3. The van der Waals surface area contributed by atoms with E-state index in [0.29, 0.717) is 0 Å². The third-order valence-corrected chi connectivity index (χ3v) is 5.75. The molecule has 0 saturated heterocycles. The minimum absolute atomic E-state index is 0.0761. The number of methoxy groups -OCH3 is 1. The van der Waals surface area contributed by atoms with Crippen LogP contribution in [0, 0.1) is 5.41 Å². The normalized spacial score (nSPS) is 14.5. The van der Waals surface area contributed by atoms with Gasteiger partial charge in [-0.15, -0.1) is 0 Å². The second kappa shape index (κ2) is 10.0. The summed E-state index contributed by atoms with van der Waals surface area (Å²) in [6.07, 6.45) is -1.74. The molecule has 0 radical (unpaired) electrons. The molecule has 0 saturated carbocycles. The lowest BCUT2D eigenvalue weighted by molar-refractivity contribution is -0.146. The van der Waals surface area contributed by atoms with Gasteiger partial charge < -0.3 is 25.2 Å². The molecule has 2 atom stereocenters. The zero-order chi connectivity index (χ0) is 24.2. The average Bonchev–Trinajstić information content (AvgIpc) is 3.09. The maximum Gasteiger partial charge on any atom is 0.407 e. The van der Waals surface area contributed by atoms with Crippen LogP contribution >= 0.6 is 0 Å². The summed E-state index contributed by atoms with van der Waals surface area (Å²) in [6, 6.07) is 14.9. The van der Waals surface area contributed by atoms with Gasteiger partial charge in [-0.2, -0.15) is 0 Å². The highest BCUT2D eigenvalue weighted by molar-refractivity contribution is 5.87. The average molecular weight is 455 g/mol.